The smallest absolute Gasteiger partial charge is 0.211 e. The molecule has 0 atom stereocenters. The first-order valence-corrected chi connectivity index (χ1v) is 8.25. The Hall–Kier alpha value is -0.730. The summed E-state index contributed by atoms with van der Waals surface area (Å²) in [5, 5.41) is 0. The summed E-state index contributed by atoms with van der Waals surface area (Å²) in [6.45, 7) is 1.07. The first-order chi connectivity index (χ1) is 8.38. The first-order valence-electron chi connectivity index (χ1n) is 5.61. The predicted molar refractivity (Wildman–Crippen MR) is 72.5 cm³/mol. The molecule has 2 rings (SSSR count). The van der Waals surface area contributed by atoms with Gasteiger partial charge in [-0.15, -0.1) is 0 Å². The number of halogens is 1. The largest absolute Gasteiger partial charge is 0.381 e. The van der Waals surface area contributed by atoms with Crippen molar-refractivity contribution in [1.29, 1.82) is 0 Å². The van der Waals surface area contributed by atoms with E-state index in [0.29, 0.717) is 23.5 Å². The number of sulfonamides is 1. The van der Waals surface area contributed by atoms with E-state index >= 15 is 0 Å². The molecule has 0 aromatic carbocycles. The molecule has 2 N–H and O–H groups in total. The quantitative estimate of drug-likeness (QED) is 0.870. The summed E-state index contributed by atoms with van der Waals surface area (Å²) in [5.74, 6) is 0.611. The van der Waals surface area contributed by atoms with Gasteiger partial charge in [0, 0.05) is 19.0 Å². The molecule has 6 nitrogen and oxygen atoms in total. The van der Waals surface area contributed by atoms with E-state index in [-0.39, 0.29) is 5.92 Å². The average molecular weight is 335 g/mol. The van der Waals surface area contributed by atoms with Gasteiger partial charge in [0.25, 0.3) is 0 Å². The van der Waals surface area contributed by atoms with Crippen LogP contribution < -0.4 is 5.73 Å². The number of nitrogens with two attached hydrogens (primary N) is 1. The Labute approximate surface area is 115 Å². The van der Waals surface area contributed by atoms with Gasteiger partial charge in [0.1, 0.15) is 4.60 Å². The minimum atomic E-state index is -3.08. The zero-order chi connectivity index (χ0) is 13.3. The van der Waals surface area contributed by atoms with Crippen molar-refractivity contribution in [2.45, 2.75) is 18.8 Å². The molecule has 0 amide bonds. The van der Waals surface area contributed by atoms with Crippen molar-refractivity contribution in [3.8, 4) is 0 Å². The van der Waals surface area contributed by atoms with E-state index in [4.69, 9.17) is 5.73 Å². The zero-order valence-electron chi connectivity index (χ0n) is 10.0. The minimum absolute atomic E-state index is 0.243. The van der Waals surface area contributed by atoms with Crippen molar-refractivity contribution >= 4 is 31.8 Å². The Morgan fingerprint density at radius 1 is 1.44 bits per heavy atom. The van der Waals surface area contributed by atoms with Gasteiger partial charge in [-0.05, 0) is 28.8 Å². The summed E-state index contributed by atoms with van der Waals surface area (Å²) >= 11 is 3.25. The Bertz CT molecular complexity index is 541. The lowest BCUT2D eigenvalue weighted by molar-refractivity contribution is 0.318. The second-order valence-electron chi connectivity index (χ2n) is 4.41. The third-order valence-corrected chi connectivity index (χ3v) is 5.00. The van der Waals surface area contributed by atoms with Crippen LogP contribution in [0.2, 0.25) is 0 Å². The number of piperidine rings is 1. The third-order valence-electron chi connectivity index (χ3n) is 3.12. The molecule has 1 fully saturated rings. The van der Waals surface area contributed by atoms with Crippen molar-refractivity contribution < 1.29 is 8.42 Å². The first kappa shape index (κ1) is 13.7. The van der Waals surface area contributed by atoms with Crippen molar-refractivity contribution in [3.05, 3.63) is 16.5 Å². The number of anilines is 1. The monoisotopic (exact) mass is 334 g/mol. The van der Waals surface area contributed by atoms with Gasteiger partial charge >= 0.3 is 0 Å². The second-order valence-corrected chi connectivity index (χ2v) is 7.14. The summed E-state index contributed by atoms with van der Waals surface area (Å²) < 4.78 is 24.9. The number of rotatable bonds is 2. The SMILES string of the molecule is CS(=O)(=O)N1CCC(c2cnc(N)c(Br)n2)CC1. The van der Waals surface area contributed by atoms with Crippen LogP contribution in [0, 0.1) is 0 Å². The maximum atomic E-state index is 11.4. The molecule has 0 radical (unpaired) electrons. The molecule has 2 heterocycles. The zero-order valence-corrected chi connectivity index (χ0v) is 12.4. The van der Waals surface area contributed by atoms with Gasteiger partial charge in [-0.3, -0.25) is 0 Å². The van der Waals surface area contributed by atoms with E-state index in [1.807, 2.05) is 0 Å². The lowest BCUT2D eigenvalue weighted by Gasteiger charge is -2.29. The topological polar surface area (TPSA) is 89.2 Å². The summed E-state index contributed by atoms with van der Waals surface area (Å²) in [5.41, 5.74) is 6.45. The Balaban J connectivity index is 2.08. The van der Waals surface area contributed by atoms with Crippen molar-refractivity contribution in [2.24, 2.45) is 0 Å². The highest BCUT2D eigenvalue weighted by molar-refractivity contribution is 9.10. The van der Waals surface area contributed by atoms with Gasteiger partial charge in [0.15, 0.2) is 5.82 Å². The number of aromatic nitrogens is 2. The second kappa shape index (κ2) is 5.10. The van der Waals surface area contributed by atoms with Gasteiger partial charge < -0.3 is 5.73 Å². The molecule has 1 saturated heterocycles. The van der Waals surface area contributed by atoms with Crippen molar-refractivity contribution in [1.82, 2.24) is 14.3 Å². The molecule has 1 aromatic rings. The van der Waals surface area contributed by atoms with Gasteiger partial charge in [-0.25, -0.2) is 22.7 Å². The Morgan fingerprint density at radius 2 is 2.06 bits per heavy atom. The van der Waals surface area contributed by atoms with E-state index in [2.05, 4.69) is 25.9 Å². The maximum absolute atomic E-state index is 11.4. The van der Waals surface area contributed by atoms with E-state index in [9.17, 15) is 8.42 Å². The summed E-state index contributed by atoms with van der Waals surface area (Å²) in [6, 6.07) is 0. The summed E-state index contributed by atoms with van der Waals surface area (Å²) in [6.07, 6.45) is 4.43. The van der Waals surface area contributed by atoms with Crippen molar-refractivity contribution in [3.63, 3.8) is 0 Å². The van der Waals surface area contributed by atoms with Crippen LogP contribution in [0.4, 0.5) is 5.82 Å². The molecule has 18 heavy (non-hydrogen) atoms. The van der Waals surface area contributed by atoms with E-state index in [1.54, 1.807) is 6.20 Å². The van der Waals surface area contributed by atoms with Gasteiger partial charge in [-0.1, -0.05) is 0 Å². The van der Waals surface area contributed by atoms with Crippen LogP contribution in [-0.2, 0) is 10.0 Å². The molecule has 8 heteroatoms. The lowest BCUT2D eigenvalue weighted by Crippen LogP contribution is -2.37. The third kappa shape index (κ3) is 2.99. The fourth-order valence-electron chi connectivity index (χ4n) is 2.07. The minimum Gasteiger partial charge on any atom is -0.381 e. The molecule has 0 bridgehead atoms. The molecule has 0 unspecified atom stereocenters. The van der Waals surface area contributed by atoms with Crippen LogP contribution in [0.25, 0.3) is 0 Å². The van der Waals surface area contributed by atoms with E-state index < -0.39 is 10.0 Å². The van der Waals surface area contributed by atoms with E-state index in [0.717, 1.165) is 18.5 Å². The van der Waals surface area contributed by atoms with Crippen LogP contribution in [0.1, 0.15) is 24.5 Å². The normalized spacial score (nSPS) is 19.0. The fraction of sp³-hybridized carbons (Fsp3) is 0.600. The highest BCUT2D eigenvalue weighted by atomic mass is 79.9. The van der Waals surface area contributed by atoms with Gasteiger partial charge in [0.05, 0.1) is 18.1 Å². The maximum Gasteiger partial charge on any atom is 0.211 e. The van der Waals surface area contributed by atoms with Crippen LogP contribution in [0.5, 0.6) is 0 Å². The molecule has 0 aliphatic carbocycles. The average Bonchev–Trinajstić information content (AvgIpc) is 2.32. The van der Waals surface area contributed by atoms with Gasteiger partial charge in [-0.2, -0.15) is 0 Å². The standard InChI is InChI=1S/C10H15BrN4O2S/c1-18(16,17)15-4-2-7(3-5-15)8-6-13-10(12)9(11)14-8/h6-7H,2-5H2,1H3,(H2,12,13). The van der Waals surface area contributed by atoms with E-state index in [1.165, 1.54) is 10.6 Å². The summed E-state index contributed by atoms with van der Waals surface area (Å²) in [7, 11) is -3.08. The van der Waals surface area contributed by atoms with Crippen molar-refractivity contribution in [2.75, 3.05) is 25.1 Å². The Kier molecular flexibility index (Phi) is 3.88. The van der Waals surface area contributed by atoms with Crippen LogP contribution >= 0.6 is 15.9 Å². The van der Waals surface area contributed by atoms with Crippen LogP contribution in [0.15, 0.2) is 10.8 Å². The molecule has 1 aliphatic rings. The number of nitrogens with zero attached hydrogens (tertiary/aromatic N) is 3. The molecular weight excluding hydrogens is 320 g/mol. The highest BCUT2D eigenvalue weighted by Gasteiger charge is 2.26. The highest BCUT2D eigenvalue weighted by Crippen LogP contribution is 2.28. The lowest BCUT2D eigenvalue weighted by atomic mass is 9.95. The van der Waals surface area contributed by atoms with Crippen LogP contribution in [0.3, 0.4) is 0 Å². The molecule has 100 valence electrons. The van der Waals surface area contributed by atoms with Crippen LogP contribution in [-0.4, -0.2) is 42.0 Å². The molecule has 1 aliphatic heterocycles. The number of nitrogen functional groups attached to an aromatic ring is 1. The predicted octanol–water partition coefficient (Wildman–Crippen LogP) is 0.960. The number of hydrogen-bond acceptors (Lipinski definition) is 5. The van der Waals surface area contributed by atoms with Gasteiger partial charge in [0.2, 0.25) is 10.0 Å². The molecular formula is C10H15BrN4O2S. The molecule has 0 saturated carbocycles. The summed E-state index contributed by atoms with van der Waals surface area (Å²) in [4.78, 5) is 8.40. The number of hydrogen-bond donors (Lipinski definition) is 1. The fourth-order valence-corrected chi connectivity index (χ4v) is 3.25. The molecule has 1 aromatic heterocycles. The Morgan fingerprint density at radius 3 is 2.56 bits per heavy atom. The molecule has 0 spiro atoms.